The van der Waals surface area contributed by atoms with Crippen LogP contribution in [0.15, 0.2) is 18.2 Å². The monoisotopic (exact) mass is 255 g/mol. The van der Waals surface area contributed by atoms with Crippen molar-refractivity contribution in [2.75, 3.05) is 5.32 Å². The molecule has 1 aromatic carbocycles. The van der Waals surface area contributed by atoms with Gasteiger partial charge in [-0.15, -0.1) is 0 Å². The van der Waals surface area contributed by atoms with E-state index in [1.54, 1.807) is 13.0 Å². The molecule has 0 radical (unpaired) electrons. The largest absolute Gasteiger partial charge is 0.313 e. The zero-order chi connectivity index (χ0) is 10.6. The lowest BCUT2D eigenvalue weighted by molar-refractivity contribution is -0.111. The molecule has 1 amide bonds. The number of rotatable bonds is 1. The van der Waals surface area contributed by atoms with Crippen LogP contribution in [0.1, 0.15) is 5.56 Å². The molecule has 2 nitrogen and oxygen atoms in total. The van der Waals surface area contributed by atoms with Gasteiger partial charge in [0.1, 0.15) is 5.82 Å². The zero-order valence-electron chi connectivity index (χ0n) is 7.40. The molecule has 72 valence electrons. The lowest BCUT2D eigenvalue weighted by atomic mass is 10.2. The molecule has 14 heavy (non-hydrogen) atoms. The van der Waals surface area contributed by atoms with Gasteiger partial charge in [-0.05, 0) is 29.4 Å². The van der Waals surface area contributed by atoms with Gasteiger partial charge in [-0.25, -0.2) is 4.39 Å². The summed E-state index contributed by atoms with van der Waals surface area (Å²) in [6.07, 6.45) is 0. The van der Waals surface area contributed by atoms with Crippen molar-refractivity contribution in [3.63, 3.8) is 0 Å². The number of halogens is 2. The second kappa shape index (κ2) is 4.77. The predicted octanol–water partition coefficient (Wildman–Crippen LogP) is 2.43. The maximum Gasteiger partial charge on any atom is 0.301 e. The van der Waals surface area contributed by atoms with Crippen molar-refractivity contribution in [3.8, 4) is 10.8 Å². The summed E-state index contributed by atoms with van der Waals surface area (Å²) in [5.41, 5.74) is 0.933. The first-order valence-electron chi connectivity index (χ1n) is 3.82. The molecule has 0 heterocycles. The van der Waals surface area contributed by atoms with E-state index in [1.165, 1.54) is 12.1 Å². The molecule has 0 fully saturated rings. The van der Waals surface area contributed by atoms with Crippen LogP contribution in [0.25, 0.3) is 0 Å². The van der Waals surface area contributed by atoms with E-state index in [9.17, 15) is 9.18 Å². The van der Waals surface area contributed by atoms with Gasteiger partial charge in [-0.2, -0.15) is 0 Å². The van der Waals surface area contributed by atoms with Crippen molar-refractivity contribution in [1.29, 1.82) is 0 Å². The van der Waals surface area contributed by atoms with E-state index in [2.05, 4.69) is 32.0 Å². The smallest absolute Gasteiger partial charge is 0.301 e. The normalized spacial score (nSPS) is 8.79. The van der Waals surface area contributed by atoms with Crippen molar-refractivity contribution in [1.82, 2.24) is 0 Å². The van der Waals surface area contributed by atoms with Crippen LogP contribution in [0.2, 0.25) is 0 Å². The van der Waals surface area contributed by atoms with Gasteiger partial charge in [0.25, 0.3) is 0 Å². The van der Waals surface area contributed by atoms with Gasteiger partial charge in [0.05, 0.1) is 5.69 Å². The number of benzene rings is 1. The van der Waals surface area contributed by atoms with Crippen molar-refractivity contribution < 1.29 is 9.18 Å². The van der Waals surface area contributed by atoms with Crippen LogP contribution in [0.3, 0.4) is 0 Å². The summed E-state index contributed by atoms with van der Waals surface area (Å²) in [4.78, 5) is 13.2. The molecule has 0 unspecified atom stereocenters. The third-order valence-corrected chi connectivity index (χ3v) is 1.73. The van der Waals surface area contributed by atoms with Crippen LogP contribution >= 0.6 is 15.9 Å². The summed E-state index contributed by atoms with van der Waals surface area (Å²) in [7, 11) is 0. The fourth-order valence-electron chi connectivity index (χ4n) is 0.918. The van der Waals surface area contributed by atoms with Crippen LogP contribution in [0.5, 0.6) is 0 Å². The van der Waals surface area contributed by atoms with Gasteiger partial charge in [0.2, 0.25) is 0 Å². The van der Waals surface area contributed by atoms with Crippen molar-refractivity contribution in [2.45, 2.75) is 6.92 Å². The second-order valence-corrected chi connectivity index (χ2v) is 3.05. The van der Waals surface area contributed by atoms with Gasteiger partial charge in [0, 0.05) is 21.9 Å². The van der Waals surface area contributed by atoms with E-state index in [1.807, 2.05) is 0 Å². The summed E-state index contributed by atoms with van der Waals surface area (Å²) in [6.45, 7) is 1.77. The van der Waals surface area contributed by atoms with Crippen LogP contribution in [0.4, 0.5) is 10.1 Å². The summed E-state index contributed by atoms with van der Waals surface area (Å²) in [5.74, 6) is 1.17. The molecule has 0 aliphatic heterocycles. The first kappa shape index (κ1) is 10.7. The molecule has 0 bridgehead atoms. The molecule has 0 saturated heterocycles. The van der Waals surface area contributed by atoms with Crippen LogP contribution in [-0.2, 0) is 4.79 Å². The maximum absolute atomic E-state index is 13.2. The Bertz CT molecular complexity index is 420. The highest BCUT2D eigenvalue weighted by Gasteiger charge is 2.04. The predicted molar refractivity (Wildman–Crippen MR) is 56.5 cm³/mol. The Labute approximate surface area is 89.6 Å². The van der Waals surface area contributed by atoms with E-state index < -0.39 is 11.7 Å². The first-order valence-corrected chi connectivity index (χ1v) is 4.61. The number of carbonyl (C=O) groups excluding carboxylic acids is 1. The van der Waals surface area contributed by atoms with Gasteiger partial charge in [0.15, 0.2) is 0 Å². The van der Waals surface area contributed by atoms with Crippen LogP contribution in [0, 0.1) is 23.5 Å². The Balaban J connectivity index is 2.85. The van der Waals surface area contributed by atoms with E-state index in [-0.39, 0.29) is 5.69 Å². The fourth-order valence-corrected chi connectivity index (χ4v) is 1.10. The van der Waals surface area contributed by atoms with E-state index in [0.29, 0.717) is 0 Å². The number of hydrogen-bond donors (Lipinski definition) is 1. The number of aryl methyl sites for hydroxylation is 1. The number of anilines is 1. The van der Waals surface area contributed by atoms with Gasteiger partial charge in [-0.1, -0.05) is 6.07 Å². The van der Waals surface area contributed by atoms with Crippen LogP contribution < -0.4 is 5.32 Å². The average molecular weight is 256 g/mol. The molecule has 0 saturated carbocycles. The lowest BCUT2D eigenvalue weighted by Crippen LogP contribution is -2.09. The van der Waals surface area contributed by atoms with E-state index in [4.69, 9.17) is 0 Å². The second-order valence-electron chi connectivity index (χ2n) is 2.66. The highest BCUT2D eigenvalue weighted by molar-refractivity contribution is 9.12. The SMILES string of the molecule is Cc1ccc(NC(=O)C#CBr)c(F)c1. The topological polar surface area (TPSA) is 29.1 Å². The molecule has 0 spiro atoms. The summed E-state index contributed by atoms with van der Waals surface area (Å²) in [5, 5.41) is 2.32. The molecule has 1 N–H and O–H groups in total. The third-order valence-electron chi connectivity index (χ3n) is 1.53. The standard InChI is InChI=1S/C10H7BrFNO/c1-7-2-3-9(8(12)6-7)13-10(14)4-5-11/h2-3,6H,1H3,(H,13,14). The van der Waals surface area contributed by atoms with Crippen LogP contribution in [-0.4, -0.2) is 5.91 Å². The highest BCUT2D eigenvalue weighted by Crippen LogP contribution is 2.14. The summed E-state index contributed by atoms with van der Waals surface area (Å²) in [6, 6.07) is 4.55. The van der Waals surface area contributed by atoms with Crippen molar-refractivity contribution in [2.24, 2.45) is 0 Å². The van der Waals surface area contributed by atoms with Gasteiger partial charge >= 0.3 is 5.91 Å². The Morgan fingerprint density at radius 2 is 2.29 bits per heavy atom. The Morgan fingerprint density at radius 3 is 2.86 bits per heavy atom. The van der Waals surface area contributed by atoms with Gasteiger partial charge < -0.3 is 5.32 Å². The molecule has 0 aromatic heterocycles. The van der Waals surface area contributed by atoms with Crippen molar-refractivity contribution in [3.05, 3.63) is 29.6 Å². The zero-order valence-corrected chi connectivity index (χ0v) is 8.98. The highest BCUT2D eigenvalue weighted by atomic mass is 79.9. The Morgan fingerprint density at radius 1 is 1.57 bits per heavy atom. The lowest BCUT2D eigenvalue weighted by Gasteiger charge is -2.02. The molecule has 1 rings (SSSR count). The summed E-state index contributed by atoms with van der Waals surface area (Å²) >= 11 is 2.78. The fraction of sp³-hybridized carbons (Fsp3) is 0.100. The maximum atomic E-state index is 13.2. The number of hydrogen-bond acceptors (Lipinski definition) is 1. The quantitative estimate of drug-likeness (QED) is 0.768. The van der Waals surface area contributed by atoms with E-state index >= 15 is 0 Å². The minimum Gasteiger partial charge on any atom is -0.313 e. The molecule has 0 aliphatic carbocycles. The molecular formula is C10H7BrFNO. The minimum absolute atomic E-state index is 0.135. The third kappa shape index (κ3) is 2.86. The molecule has 0 atom stereocenters. The molecular weight excluding hydrogens is 249 g/mol. The number of nitrogens with one attached hydrogen (secondary N) is 1. The summed E-state index contributed by atoms with van der Waals surface area (Å²) < 4.78 is 13.2. The number of amides is 1. The average Bonchev–Trinajstić information content (AvgIpc) is 2.10. The van der Waals surface area contributed by atoms with E-state index in [0.717, 1.165) is 5.56 Å². The van der Waals surface area contributed by atoms with Crippen molar-refractivity contribution >= 4 is 27.5 Å². The minimum atomic E-state index is -0.551. The molecule has 4 heteroatoms. The first-order chi connectivity index (χ1) is 6.63. The Kier molecular flexibility index (Phi) is 3.66. The Hall–Kier alpha value is -1.34. The van der Waals surface area contributed by atoms with Gasteiger partial charge in [-0.3, -0.25) is 4.79 Å². The molecule has 0 aliphatic rings. The number of carbonyl (C=O) groups is 1. The molecule has 1 aromatic rings.